The quantitative estimate of drug-likeness (QED) is 0.633. The molecule has 1 fully saturated rings. The minimum atomic E-state index is -0.214. The van der Waals surface area contributed by atoms with Gasteiger partial charge >= 0.3 is 0 Å². The largest absolute Gasteiger partial charge is 0.495 e. The molecule has 1 saturated carbocycles. The van der Waals surface area contributed by atoms with Crippen LogP contribution < -0.4 is 15.4 Å². The number of methoxy groups -OCH3 is 1. The standard InChI is InChI=1S/C19H19ClN6O2/c1-28-17-8-5-13(20)10-16(17)22-18(27)11-21-14-4-2-3-12(9-14)19-23-24-25-26(19)15-6-7-15/h2-5,8-10,15,21H,6-7,11H2,1H3,(H,22,27). The van der Waals surface area contributed by atoms with Gasteiger partial charge in [-0.2, -0.15) is 0 Å². The molecule has 1 amide bonds. The average molecular weight is 399 g/mol. The molecule has 0 saturated heterocycles. The van der Waals surface area contributed by atoms with E-state index in [4.69, 9.17) is 16.3 Å². The number of hydrogen-bond acceptors (Lipinski definition) is 6. The molecule has 144 valence electrons. The van der Waals surface area contributed by atoms with Crippen LogP contribution in [0.5, 0.6) is 5.75 Å². The first-order chi connectivity index (χ1) is 13.6. The minimum Gasteiger partial charge on any atom is -0.495 e. The number of anilines is 2. The summed E-state index contributed by atoms with van der Waals surface area (Å²) < 4.78 is 7.10. The second-order valence-corrected chi connectivity index (χ2v) is 6.94. The molecule has 1 aromatic heterocycles. The zero-order valence-electron chi connectivity index (χ0n) is 15.2. The van der Waals surface area contributed by atoms with Gasteiger partial charge in [-0.25, -0.2) is 4.68 Å². The fraction of sp³-hybridized carbons (Fsp3) is 0.263. The van der Waals surface area contributed by atoms with E-state index < -0.39 is 0 Å². The van der Waals surface area contributed by atoms with Gasteiger partial charge in [-0.15, -0.1) is 5.10 Å². The van der Waals surface area contributed by atoms with Gasteiger partial charge in [-0.3, -0.25) is 4.79 Å². The molecule has 1 heterocycles. The van der Waals surface area contributed by atoms with Gasteiger partial charge < -0.3 is 15.4 Å². The van der Waals surface area contributed by atoms with E-state index in [1.165, 1.54) is 7.11 Å². The number of benzene rings is 2. The van der Waals surface area contributed by atoms with Crippen molar-refractivity contribution < 1.29 is 9.53 Å². The normalized spacial score (nSPS) is 13.2. The lowest BCUT2D eigenvalue weighted by atomic mass is 10.2. The van der Waals surface area contributed by atoms with Gasteiger partial charge in [0.2, 0.25) is 5.91 Å². The maximum Gasteiger partial charge on any atom is 0.243 e. The van der Waals surface area contributed by atoms with Crippen LogP contribution in [0.2, 0.25) is 5.02 Å². The molecular formula is C19H19ClN6O2. The number of halogens is 1. The number of aromatic nitrogens is 4. The van der Waals surface area contributed by atoms with Crippen LogP contribution in [0.25, 0.3) is 11.4 Å². The second kappa shape index (κ2) is 7.85. The summed E-state index contributed by atoms with van der Waals surface area (Å²) in [6.45, 7) is 0.0900. The van der Waals surface area contributed by atoms with Gasteiger partial charge in [-0.1, -0.05) is 23.7 Å². The number of nitrogens with one attached hydrogen (secondary N) is 2. The highest BCUT2D eigenvalue weighted by Gasteiger charge is 2.28. The molecule has 4 rings (SSSR count). The molecule has 8 nitrogen and oxygen atoms in total. The number of tetrazole rings is 1. The van der Waals surface area contributed by atoms with Crippen molar-refractivity contribution in [1.82, 2.24) is 20.2 Å². The highest BCUT2D eigenvalue weighted by Crippen LogP contribution is 2.36. The van der Waals surface area contributed by atoms with E-state index in [1.807, 2.05) is 28.9 Å². The fourth-order valence-electron chi connectivity index (χ4n) is 2.87. The van der Waals surface area contributed by atoms with Crippen LogP contribution in [0.3, 0.4) is 0 Å². The van der Waals surface area contributed by atoms with Crippen molar-refractivity contribution in [1.29, 1.82) is 0 Å². The Bertz CT molecular complexity index is 1000. The third-order valence-electron chi connectivity index (χ3n) is 4.40. The van der Waals surface area contributed by atoms with Crippen LogP contribution in [0, 0.1) is 0 Å². The first-order valence-electron chi connectivity index (χ1n) is 8.89. The molecule has 3 aromatic rings. The second-order valence-electron chi connectivity index (χ2n) is 6.51. The Hall–Kier alpha value is -3.13. The molecule has 2 N–H and O–H groups in total. The molecule has 0 bridgehead atoms. The van der Waals surface area contributed by atoms with Crippen LogP contribution in [-0.2, 0) is 4.79 Å². The van der Waals surface area contributed by atoms with Crippen LogP contribution in [0.4, 0.5) is 11.4 Å². The molecular weight excluding hydrogens is 380 g/mol. The van der Waals surface area contributed by atoms with E-state index in [1.54, 1.807) is 18.2 Å². The lowest BCUT2D eigenvalue weighted by Gasteiger charge is -2.12. The minimum absolute atomic E-state index is 0.0900. The summed E-state index contributed by atoms with van der Waals surface area (Å²) in [5.74, 6) is 1.07. The number of rotatable bonds is 7. The van der Waals surface area contributed by atoms with Crippen molar-refractivity contribution in [2.75, 3.05) is 24.3 Å². The summed E-state index contributed by atoms with van der Waals surface area (Å²) in [6, 6.07) is 13.1. The van der Waals surface area contributed by atoms with E-state index in [0.29, 0.717) is 22.5 Å². The molecule has 1 aliphatic carbocycles. The molecule has 0 radical (unpaired) electrons. The maximum absolute atomic E-state index is 12.3. The summed E-state index contributed by atoms with van der Waals surface area (Å²) in [5.41, 5.74) is 2.23. The first-order valence-corrected chi connectivity index (χ1v) is 9.27. The van der Waals surface area contributed by atoms with Gasteiger partial charge in [-0.05, 0) is 53.6 Å². The summed E-state index contributed by atoms with van der Waals surface area (Å²) in [5, 5.41) is 18.4. The summed E-state index contributed by atoms with van der Waals surface area (Å²) in [7, 11) is 1.54. The van der Waals surface area contributed by atoms with Crippen molar-refractivity contribution >= 4 is 28.9 Å². The SMILES string of the molecule is COc1ccc(Cl)cc1NC(=O)CNc1cccc(-c2nnnn2C2CC2)c1. The summed E-state index contributed by atoms with van der Waals surface area (Å²) in [4.78, 5) is 12.3. The van der Waals surface area contributed by atoms with Gasteiger partial charge in [0.15, 0.2) is 5.82 Å². The van der Waals surface area contributed by atoms with Gasteiger partial charge in [0.05, 0.1) is 25.4 Å². The van der Waals surface area contributed by atoms with E-state index in [2.05, 4.69) is 26.2 Å². The van der Waals surface area contributed by atoms with Crippen LogP contribution >= 0.6 is 11.6 Å². The van der Waals surface area contributed by atoms with E-state index in [9.17, 15) is 4.79 Å². The van der Waals surface area contributed by atoms with E-state index >= 15 is 0 Å². The van der Waals surface area contributed by atoms with Crippen molar-refractivity contribution in [2.45, 2.75) is 18.9 Å². The predicted molar refractivity (Wildman–Crippen MR) is 107 cm³/mol. The van der Waals surface area contributed by atoms with Gasteiger partial charge in [0.1, 0.15) is 5.75 Å². The Labute approximate surface area is 166 Å². The maximum atomic E-state index is 12.3. The van der Waals surface area contributed by atoms with E-state index in [0.717, 1.165) is 29.9 Å². The number of nitrogens with zero attached hydrogens (tertiary/aromatic N) is 4. The Morgan fingerprint density at radius 3 is 2.93 bits per heavy atom. The number of amides is 1. The average Bonchev–Trinajstić information content (AvgIpc) is 3.43. The van der Waals surface area contributed by atoms with Crippen molar-refractivity contribution in [2.24, 2.45) is 0 Å². The summed E-state index contributed by atoms with van der Waals surface area (Å²) >= 11 is 6.00. The van der Waals surface area contributed by atoms with Crippen molar-refractivity contribution in [3.05, 3.63) is 47.5 Å². The zero-order chi connectivity index (χ0) is 19.5. The lowest BCUT2D eigenvalue weighted by molar-refractivity contribution is -0.114. The molecule has 0 spiro atoms. The molecule has 9 heteroatoms. The molecule has 0 unspecified atom stereocenters. The Balaban J connectivity index is 1.42. The number of carbonyl (C=O) groups is 1. The van der Waals surface area contributed by atoms with Crippen LogP contribution in [-0.4, -0.2) is 39.8 Å². The number of carbonyl (C=O) groups excluding carboxylic acids is 1. The Morgan fingerprint density at radius 2 is 2.14 bits per heavy atom. The highest BCUT2D eigenvalue weighted by atomic mass is 35.5. The Kier molecular flexibility index (Phi) is 5.12. The van der Waals surface area contributed by atoms with Crippen molar-refractivity contribution in [3.8, 4) is 17.1 Å². The molecule has 2 aromatic carbocycles. The van der Waals surface area contributed by atoms with Gasteiger partial charge in [0, 0.05) is 16.3 Å². The number of ether oxygens (including phenoxy) is 1. The van der Waals surface area contributed by atoms with Crippen molar-refractivity contribution in [3.63, 3.8) is 0 Å². The predicted octanol–water partition coefficient (Wildman–Crippen LogP) is 3.39. The summed E-state index contributed by atoms with van der Waals surface area (Å²) in [6.07, 6.45) is 2.20. The molecule has 0 aliphatic heterocycles. The van der Waals surface area contributed by atoms with Crippen LogP contribution in [0.15, 0.2) is 42.5 Å². The van der Waals surface area contributed by atoms with Gasteiger partial charge in [0.25, 0.3) is 0 Å². The third-order valence-corrected chi connectivity index (χ3v) is 4.63. The zero-order valence-corrected chi connectivity index (χ0v) is 16.0. The van der Waals surface area contributed by atoms with E-state index in [-0.39, 0.29) is 12.5 Å². The third kappa shape index (κ3) is 4.07. The molecule has 28 heavy (non-hydrogen) atoms. The smallest absolute Gasteiger partial charge is 0.243 e. The lowest BCUT2D eigenvalue weighted by Crippen LogP contribution is -2.22. The molecule has 0 atom stereocenters. The van der Waals surface area contributed by atoms with Crippen LogP contribution in [0.1, 0.15) is 18.9 Å². The number of hydrogen-bond donors (Lipinski definition) is 2. The molecule has 1 aliphatic rings. The topological polar surface area (TPSA) is 94.0 Å². The monoisotopic (exact) mass is 398 g/mol. The Morgan fingerprint density at radius 1 is 1.29 bits per heavy atom. The fourth-order valence-corrected chi connectivity index (χ4v) is 3.04. The highest BCUT2D eigenvalue weighted by molar-refractivity contribution is 6.31. The first kappa shape index (κ1) is 18.2.